The Bertz CT molecular complexity index is 264. The topological polar surface area (TPSA) is 41.5 Å². The van der Waals surface area contributed by atoms with E-state index in [9.17, 15) is 0 Å². The van der Waals surface area contributed by atoms with Gasteiger partial charge in [-0.2, -0.15) is 0 Å². The average Bonchev–Trinajstić information content (AvgIpc) is 2.29. The second-order valence-electron chi connectivity index (χ2n) is 3.53. The van der Waals surface area contributed by atoms with Crippen LogP contribution in [0.1, 0.15) is 18.6 Å². The van der Waals surface area contributed by atoms with Crippen LogP contribution in [0.25, 0.3) is 0 Å². The van der Waals surface area contributed by atoms with Crippen LogP contribution in [0, 0.1) is 0 Å². The molecule has 2 atom stereocenters. The molecule has 84 valence electrons. The summed E-state index contributed by atoms with van der Waals surface area (Å²) in [5.41, 5.74) is 1.15. The molecule has 0 saturated heterocycles. The van der Waals surface area contributed by atoms with Crippen molar-refractivity contribution >= 4 is 0 Å². The Balaban J connectivity index is 2.63. The molecule has 1 rings (SSSR count). The maximum atomic E-state index is 8.74. The standard InChI is InChI=1S/C12H19NO2/c1-10(13-8-9-14)12(15-2)11-6-4-3-5-7-11/h3-7,10,12-14H,8-9H2,1-2H3/t10-,12-/m1/s1. The smallest absolute Gasteiger partial charge is 0.0971 e. The molecule has 3 heteroatoms. The van der Waals surface area contributed by atoms with Crippen LogP contribution in [0.5, 0.6) is 0 Å². The first-order valence-electron chi connectivity index (χ1n) is 5.21. The van der Waals surface area contributed by atoms with Gasteiger partial charge in [-0.1, -0.05) is 30.3 Å². The van der Waals surface area contributed by atoms with E-state index in [0.717, 1.165) is 5.56 Å². The van der Waals surface area contributed by atoms with E-state index in [-0.39, 0.29) is 18.8 Å². The Hall–Kier alpha value is -0.900. The number of hydrogen-bond acceptors (Lipinski definition) is 3. The van der Waals surface area contributed by atoms with Crippen LogP contribution in [0.4, 0.5) is 0 Å². The third-order valence-corrected chi connectivity index (χ3v) is 2.41. The van der Waals surface area contributed by atoms with E-state index in [4.69, 9.17) is 9.84 Å². The van der Waals surface area contributed by atoms with Crippen molar-refractivity contribution in [2.45, 2.75) is 19.1 Å². The van der Waals surface area contributed by atoms with Gasteiger partial charge in [-0.3, -0.25) is 0 Å². The second-order valence-corrected chi connectivity index (χ2v) is 3.53. The van der Waals surface area contributed by atoms with Gasteiger partial charge in [-0.15, -0.1) is 0 Å². The highest BCUT2D eigenvalue weighted by molar-refractivity contribution is 5.18. The lowest BCUT2D eigenvalue weighted by Crippen LogP contribution is -2.34. The van der Waals surface area contributed by atoms with Crippen LogP contribution in [-0.4, -0.2) is 31.4 Å². The van der Waals surface area contributed by atoms with E-state index < -0.39 is 0 Å². The summed E-state index contributed by atoms with van der Waals surface area (Å²) in [5, 5.41) is 11.9. The number of nitrogens with one attached hydrogen (secondary N) is 1. The maximum absolute atomic E-state index is 8.74. The molecule has 1 aromatic carbocycles. The van der Waals surface area contributed by atoms with E-state index in [1.165, 1.54) is 0 Å². The van der Waals surface area contributed by atoms with Crippen LogP contribution in [-0.2, 0) is 4.74 Å². The van der Waals surface area contributed by atoms with E-state index in [0.29, 0.717) is 6.54 Å². The summed E-state index contributed by atoms with van der Waals surface area (Å²) in [4.78, 5) is 0. The fraction of sp³-hybridized carbons (Fsp3) is 0.500. The Morgan fingerprint density at radius 2 is 2.00 bits per heavy atom. The Morgan fingerprint density at radius 3 is 2.53 bits per heavy atom. The van der Waals surface area contributed by atoms with Crippen LogP contribution < -0.4 is 5.32 Å². The predicted octanol–water partition coefficient (Wildman–Crippen LogP) is 1.34. The van der Waals surface area contributed by atoms with Crippen molar-refractivity contribution in [1.82, 2.24) is 5.32 Å². The highest BCUT2D eigenvalue weighted by Gasteiger charge is 2.17. The van der Waals surface area contributed by atoms with Gasteiger partial charge < -0.3 is 15.2 Å². The van der Waals surface area contributed by atoms with Gasteiger partial charge in [0.1, 0.15) is 0 Å². The lowest BCUT2D eigenvalue weighted by Gasteiger charge is -2.23. The summed E-state index contributed by atoms with van der Waals surface area (Å²) < 4.78 is 5.45. The van der Waals surface area contributed by atoms with E-state index >= 15 is 0 Å². The summed E-state index contributed by atoms with van der Waals surface area (Å²) in [6.07, 6.45) is 0.0257. The predicted molar refractivity (Wildman–Crippen MR) is 60.7 cm³/mol. The number of rotatable bonds is 6. The molecule has 0 amide bonds. The molecule has 0 aliphatic rings. The Morgan fingerprint density at radius 1 is 1.33 bits per heavy atom. The Kier molecular flexibility index (Phi) is 5.32. The average molecular weight is 209 g/mol. The van der Waals surface area contributed by atoms with Crippen LogP contribution >= 0.6 is 0 Å². The molecule has 15 heavy (non-hydrogen) atoms. The van der Waals surface area contributed by atoms with Gasteiger partial charge in [0, 0.05) is 19.7 Å². The van der Waals surface area contributed by atoms with Crippen molar-refractivity contribution in [3.8, 4) is 0 Å². The van der Waals surface area contributed by atoms with Crippen molar-refractivity contribution in [3.63, 3.8) is 0 Å². The summed E-state index contributed by atoms with van der Waals surface area (Å²) >= 11 is 0. The first-order chi connectivity index (χ1) is 7.29. The molecule has 0 unspecified atom stereocenters. The van der Waals surface area contributed by atoms with E-state index in [1.54, 1.807) is 7.11 Å². The minimum absolute atomic E-state index is 0.0257. The fourth-order valence-corrected chi connectivity index (χ4v) is 1.67. The molecule has 0 saturated carbocycles. The third kappa shape index (κ3) is 3.63. The summed E-state index contributed by atoms with van der Waals surface area (Å²) in [6, 6.07) is 10.3. The molecule has 0 aromatic heterocycles. The minimum atomic E-state index is 0.0257. The molecule has 0 aliphatic heterocycles. The fourth-order valence-electron chi connectivity index (χ4n) is 1.67. The van der Waals surface area contributed by atoms with Crippen molar-refractivity contribution in [2.75, 3.05) is 20.3 Å². The van der Waals surface area contributed by atoms with Crippen molar-refractivity contribution in [1.29, 1.82) is 0 Å². The molecule has 0 bridgehead atoms. The molecular formula is C12H19NO2. The monoisotopic (exact) mass is 209 g/mol. The molecule has 0 aliphatic carbocycles. The lowest BCUT2D eigenvalue weighted by molar-refractivity contribution is 0.0718. The highest BCUT2D eigenvalue weighted by Crippen LogP contribution is 2.19. The number of ether oxygens (including phenoxy) is 1. The van der Waals surface area contributed by atoms with Crippen LogP contribution in [0.3, 0.4) is 0 Å². The molecular weight excluding hydrogens is 190 g/mol. The normalized spacial score (nSPS) is 14.9. The first kappa shape index (κ1) is 12.2. The largest absolute Gasteiger partial charge is 0.395 e. The maximum Gasteiger partial charge on any atom is 0.0971 e. The number of aliphatic hydroxyl groups excluding tert-OH is 1. The Labute approximate surface area is 91.1 Å². The zero-order valence-electron chi connectivity index (χ0n) is 9.31. The second kappa shape index (κ2) is 6.56. The lowest BCUT2D eigenvalue weighted by atomic mass is 10.0. The third-order valence-electron chi connectivity index (χ3n) is 2.41. The molecule has 0 heterocycles. The summed E-state index contributed by atoms with van der Waals surface area (Å²) in [7, 11) is 1.70. The highest BCUT2D eigenvalue weighted by atomic mass is 16.5. The SMILES string of the molecule is CO[C@@H](c1ccccc1)[C@@H](C)NCCO. The van der Waals surface area contributed by atoms with Crippen LogP contribution in [0.15, 0.2) is 30.3 Å². The van der Waals surface area contributed by atoms with Gasteiger partial charge in [0.2, 0.25) is 0 Å². The molecule has 2 N–H and O–H groups in total. The van der Waals surface area contributed by atoms with Crippen molar-refractivity contribution in [2.24, 2.45) is 0 Å². The number of hydrogen-bond donors (Lipinski definition) is 2. The summed E-state index contributed by atoms with van der Waals surface area (Å²) in [5.74, 6) is 0. The van der Waals surface area contributed by atoms with Gasteiger partial charge in [0.15, 0.2) is 0 Å². The number of methoxy groups -OCH3 is 1. The molecule has 0 fully saturated rings. The molecule has 0 spiro atoms. The quantitative estimate of drug-likeness (QED) is 0.743. The van der Waals surface area contributed by atoms with Gasteiger partial charge in [-0.05, 0) is 12.5 Å². The number of aliphatic hydroxyl groups is 1. The van der Waals surface area contributed by atoms with E-state index in [2.05, 4.69) is 12.2 Å². The van der Waals surface area contributed by atoms with E-state index in [1.807, 2.05) is 30.3 Å². The number of benzene rings is 1. The zero-order chi connectivity index (χ0) is 11.1. The van der Waals surface area contributed by atoms with Crippen molar-refractivity contribution in [3.05, 3.63) is 35.9 Å². The first-order valence-corrected chi connectivity index (χ1v) is 5.21. The molecule has 3 nitrogen and oxygen atoms in total. The van der Waals surface area contributed by atoms with Gasteiger partial charge >= 0.3 is 0 Å². The molecule has 1 aromatic rings. The molecule has 0 radical (unpaired) electrons. The summed E-state index contributed by atoms with van der Waals surface area (Å²) in [6.45, 7) is 2.79. The van der Waals surface area contributed by atoms with Gasteiger partial charge in [0.25, 0.3) is 0 Å². The minimum Gasteiger partial charge on any atom is -0.395 e. The van der Waals surface area contributed by atoms with Crippen LogP contribution in [0.2, 0.25) is 0 Å². The van der Waals surface area contributed by atoms with Crippen molar-refractivity contribution < 1.29 is 9.84 Å². The zero-order valence-corrected chi connectivity index (χ0v) is 9.31. The van der Waals surface area contributed by atoms with Gasteiger partial charge in [-0.25, -0.2) is 0 Å². The van der Waals surface area contributed by atoms with Gasteiger partial charge in [0.05, 0.1) is 12.7 Å².